The summed E-state index contributed by atoms with van der Waals surface area (Å²) in [5, 5.41) is 3.78. The van der Waals surface area contributed by atoms with Crippen LogP contribution in [0.5, 0.6) is 0 Å². The summed E-state index contributed by atoms with van der Waals surface area (Å²) in [6.07, 6.45) is 2.28. The van der Waals surface area contributed by atoms with Crippen molar-refractivity contribution in [3.63, 3.8) is 0 Å². The molecule has 0 radical (unpaired) electrons. The molecule has 1 rings (SSSR count). The van der Waals surface area contributed by atoms with Crippen LogP contribution in [0.15, 0.2) is 5.16 Å². The maximum Gasteiger partial charge on any atom is 0.106 e. The minimum absolute atomic E-state index is 0.488. The quantitative estimate of drug-likeness (QED) is 0.440. The second-order valence-corrected chi connectivity index (χ2v) is 2.88. The van der Waals surface area contributed by atoms with Gasteiger partial charge in [0.25, 0.3) is 0 Å². The molecule has 0 saturated heterocycles. The molecule has 1 atom stereocenters. The summed E-state index contributed by atoms with van der Waals surface area (Å²) in [5.74, 6) is 0. The van der Waals surface area contributed by atoms with Crippen molar-refractivity contribution in [2.75, 3.05) is 7.11 Å². The molecule has 1 aliphatic rings. The zero-order chi connectivity index (χ0) is 5.98. The highest BCUT2D eigenvalue weighted by atomic mass is 79.9. The monoisotopic (exact) mass is 177 g/mol. The number of nitrogens with zero attached hydrogens (tertiary/aromatic N) is 1. The predicted molar refractivity (Wildman–Crippen MR) is 36.4 cm³/mol. The van der Waals surface area contributed by atoms with Gasteiger partial charge in [-0.2, -0.15) is 0 Å². The first-order valence-electron chi connectivity index (χ1n) is 2.58. The van der Waals surface area contributed by atoms with Crippen molar-refractivity contribution in [1.82, 2.24) is 0 Å². The summed E-state index contributed by atoms with van der Waals surface area (Å²) in [5.41, 5.74) is 1.13. The van der Waals surface area contributed by atoms with Crippen LogP contribution in [-0.4, -0.2) is 17.6 Å². The molecule has 0 N–H and O–H groups in total. The van der Waals surface area contributed by atoms with Crippen LogP contribution in [0.2, 0.25) is 0 Å². The van der Waals surface area contributed by atoms with Crippen molar-refractivity contribution in [3.8, 4) is 0 Å². The SMILES string of the molecule is CON=C1CCC1Br. The third-order valence-electron chi connectivity index (χ3n) is 1.22. The average molecular weight is 178 g/mol. The first kappa shape index (κ1) is 6.08. The first-order valence-corrected chi connectivity index (χ1v) is 3.50. The van der Waals surface area contributed by atoms with E-state index in [1.807, 2.05) is 0 Å². The number of oxime groups is 1. The number of rotatable bonds is 1. The van der Waals surface area contributed by atoms with Crippen molar-refractivity contribution < 1.29 is 4.84 Å². The lowest BCUT2D eigenvalue weighted by atomic mass is 9.97. The Bertz CT molecular complexity index is 113. The Morgan fingerprint density at radius 2 is 2.62 bits per heavy atom. The molecule has 0 aliphatic heterocycles. The fourth-order valence-corrected chi connectivity index (χ4v) is 1.14. The Hall–Kier alpha value is -0.0500. The van der Waals surface area contributed by atoms with Crippen LogP contribution in [0.1, 0.15) is 12.8 Å². The van der Waals surface area contributed by atoms with Gasteiger partial charge in [0, 0.05) is 0 Å². The van der Waals surface area contributed by atoms with E-state index in [9.17, 15) is 0 Å². The van der Waals surface area contributed by atoms with E-state index >= 15 is 0 Å². The van der Waals surface area contributed by atoms with Gasteiger partial charge in [0.05, 0.1) is 10.5 Å². The molecule has 46 valence electrons. The smallest absolute Gasteiger partial charge is 0.106 e. The van der Waals surface area contributed by atoms with Gasteiger partial charge < -0.3 is 4.84 Å². The van der Waals surface area contributed by atoms with E-state index in [1.165, 1.54) is 6.42 Å². The molecular weight excluding hydrogens is 170 g/mol. The molecule has 0 amide bonds. The van der Waals surface area contributed by atoms with Crippen LogP contribution >= 0.6 is 15.9 Å². The normalized spacial score (nSPS) is 32.2. The van der Waals surface area contributed by atoms with Crippen molar-refractivity contribution in [3.05, 3.63) is 0 Å². The zero-order valence-corrected chi connectivity index (χ0v) is 6.31. The number of hydrogen-bond acceptors (Lipinski definition) is 2. The Balaban J connectivity index is 2.36. The minimum atomic E-state index is 0.488. The summed E-state index contributed by atoms with van der Waals surface area (Å²) in [7, 11) is 1.57. The third kappa shape index (κ3) is 1.02. The van der Waals surface area contributed by atoms with E-state index in [4.69, 9.17) is 0 Å². The Morgan fingerprint density at radius 3 is 2.75 bits per heavy atom. The Morgan fingerprint density at radius 1 is 1.88 bits per heavy atom. The molecule has 3 heteroatoms. The second kappa shape index (κ2) is 2.49. The van der Waals surface area contributed by atoms with Gasteiger partial charge in [0.1, 0.15) is 7.11 Å². The Labute approximate surface area is 57.0 Å². The highest BCUT2D eigenvalue weighted by Gasteiger charge is 2.23. The molecule has 0 aromatic carbocycles. The standard InChI is InChI=1S/C5H8BrNO/c1-8-7-5-3-2-4(5)6/h4H,2-3H2,1H3. The predicted octanol–water partition coefficient (Wildman–Crippen LogP) is 1.55. The molecule has 0 aromatic heterocycles. The Kier molecular flexibility index (Phi) is 1.89. The minimum Gasteiger partial charge on any atom is -0.399 e. The van der Waals surface area contributed by atoms with Gasteiger partial charge in [-0.15, -0.1) is 0 Å². The van der Waals surface area contributed by atoms with E-state index in [0.717, 1.165) is 12.1 Å². The first-order chi connectivity index (χ1) is 3.84. The maximum absolute atomic E-state index is 4.57. The summed E-state index contributed by atoms with van der Waals surface area (Å²) in [6, 6.07) is 0. The molecule has 0 spiro atoms. The van der Waals surface area contributed by atoms with Crippen LogP contribution in [0, 0.1) is 0 Å². The van der Waals surface area contributed by atoms with Crippen molar-refractivity contribution in [2.24, 2.45) is 5.16 Å². The molecule has 1 fully saturated rings. The van der Waals surface area contributed by atoms with Crippen LogP contribution in [0.3, 0.4) is 0 Å². The fourth-order valence-electron chi connectivity index (χ4n) is 0.603. The maximum atomic E-state index is 4.57. The molecule has 0 bridgehead atoms. The van der Waals surface area contributed by atoms with Crippen LogP contribution in [-0.2, 0) is 4.84 Å². The van der Waals surface area contributed by atoms with E-state index in [0.29, 0.717) is 4.83 Å². The highest BCUT2D eigenvalue weighted by Crippen LogP contribution is 2.23. The van der Waals surface area contributed by atoms with Gasteiger partial charge in [-0.25, -0.2) is 0 Å². The molecule has 8 heavy (non-hydrogen) atoms. The highest BCUT2D eigenvalue weighted by molar-refractivity contribution is 9.10. The van der Waals surface area contributed by atoms with E-state index in [1.54, 1.807) is 7.11 Å². The van der Waals surface area contributed by atoms with Gasteiger partial charge in [0.15, 0.2) is 0 Å². The molecule has 2 nitrogen and oxygen atoms in total. The molecule has 1 unspecified atom stereocenters. The topological polar surface area (TPSA) is 21.6 Å². The molecule has 0 heterocycles. The van der Waals surface area contributed by atoms with Crippen LogP contribution in [0.25, 0.3) is 0 Å². The second-order valence-electron chi connectivity index (χ2n) is 1.77. The molecule has 1 aliphatic carbocycles. The molecule has 0 aromatic rings. The van der Waals surface area contributed by atoms with Gasteiger partial charge in [-0.3, -0.25) is 0 Å². The summed E-state index contributed by atoms with van der Waals surface area (Å²) in [4.78, 5) is 5.06. The average Bonchev–Trinajstić information content (AvgIpc) is 1.79. The van der Waals surface area contributed by atoms with Crippen molar-refractivity contribution in [2.45, 2.75) is 17.7 Å². The number of halogens is 1. The van der Waals surface area contributed by atoms with Gasteiger partial charge in [0.2, 0.25) is 0 Å². The van der Waals surface area contributed by atoms with Gasteiger partial charge in [-0.05, 0) is 12.8 Å². The van der Waals surface area contributed by atoms with Crippen molar-refractivity contribution in [1.29, 1.82) is 0 Å². The molecule has 1 saturated carbocycles. The van der Waals surface area contributed by atoms with Gasteiger partial charge >= 0.3 is 0 Å². The van der Waals surface area contributed by atoms with E-state index < -0.39 is 0 Å². The summed E-state index contributed by atoms with van der Waals surface area (Å²) in [6.45, 7) is 0. The summed E-state index contributed by atoms with van der Waals surface area (Å²) >= 11 is 3.42. The fraction of sp³-hybridized carbons (Fsp3) is 0.800. The van der Waals surface area contributed by atoms with Gasteiger partial charge in [-0.1, -0.05) is 21.1 Å². The van der Waals surface area contributed by atoms with Crippen molar-refractivity contribution >= 4 is 21.6 Å². The lowest BCUT2D eigenvalue weighted by Crippen LogP contribution is -2.25. The lowest BCUT2D eigenvalue weighted by Gasteiger charge is -2.20. The molecular formula is C5H8BrNO. The number of alkyl halides is 1. The lowest BCUT2D eigenvalue weighted by molar-refractivity contribution is 0.210. The van der Waals surface area contributed by atoms with E-state index in [2.05, 4.69) is 25.9 Å². The third-order valence-corrected chi connectivity index (χ3v) is 2.21. The zero-order valence-electron chi connectivity index (χ0n) is 4.72. The number of hydrogen-bond donors (Lipinski definition) is 0. The van der Waals surface area contributed by atoms with E-state index in [-0.39, 0.29) is 0 Å². The van der Waals surface area contributed by atoms with Crippen LogP contribution in [0.4, 0.5) is 0 Å². The van der Waals surface area contributed by atoms with Crippen LogP contribution < -0.4 is 0 Å². The summed E-state index contributed by atoms with van der Waals surface area (Å²) < 4.78 is 0. The largest absolute Gasteiger partial charge is 0.399 e.